The number of carbonyl (C=O) groups is 1. The monoisotopic (exact) mass is 215 g/mol. The van der Waals surface area contributed by atoms with Crippen molar-refractivity contribution in [2.75, 3.05) is 13.1 Å². The van der Waals surface area contributed by atoms with Gasteiger partial charge in [-0.05, 0) is 38.6 Å². The highest BCUT2D eigenvalue weighted by Crippen LogP contribution is 2.23. The largest absolute Gasteiger partial charge is 0.338 e. The van der Waals surface area contributed by atoms with Crippen molar-refractivity contribution < 1.29 is 4.79 Å². The Kier molecular flexibility index (Phi) is 6.32. The molecule has 4 heteroatoms. The van der Waals surface area contributed by atoms with Crippen LogP contribution >= 0.6 is 0 Å². The number of carbonyl (C=O) groups excluding carboxylic acids is 1. The van der Waals surface area contributed by atoms with E-state index in [0.717, 1.165) is 12.8 Å². The molecule has 0 aromatic rings. The number of nitrogens with one attached hydrogen (secondary N) is 2. The molecule has 0 atom stereocenters. The van der Waals surface area contributed by atoms with Gasteiger partial charge in [-0.15, -0.1) is 0 Å². The lowest BCUT2D eigenvalue weighted by Crippen LogP contribution is -2.46. The first-order chi connectivity index (χ1) is 6.99. The van der Waals surface area contributed by atoms with Crippen molar-refractivity contribution >= 4 is 6.03 Å². The molecule has 0 radical (unpaired) electrons. The number of rotatable bonds is 6. The predicted molar refractivity (Wildman–Crippen MR) is 63.7 cm³/mol. The van der Waals surface area contributed by atoms with Crippen molar-refractivity contribution in [2.24, 2.45) is 11.1 Å². The van der Waals surface area contributed by atoms with Crippen LogP contribution in [0.4, 0.5) is 4.79 Å². The Morgan fingerprint density at radius 2 is 1.87 bits per heavy atom. The summed E-state index contributed by atoms with van der Waals surface area (Å²) in [6.45, 7) is 9.36. The SMILES string of the molecule is CCC(CC)(CN)CNC(=O)NC(C)C. The Labute approximate surface area is 93.0 Å². The van der Waals surface area contributed by atoms with Crippen LogP contribution in [-0.2, 0) is 0 Å². The van der Waals surface area contributed by atoms with Crippen LogP contribution in [0.15, 0.2) is 0 Å². The number of urea groups is 1. The molecule has 0 spiro atoms. The third-order valence-electron chi connectivity index (χ3n) is 2.98. The summed E-state index contributed by atoms with van der Waals surface area (Å²) < 4.78 is 0. The first-order valence-corrected chi connectivity index (χ1v) is 5.74. The molecule has 0 heterocycles. The second kappa shape index (κ2) is 6.67. The molecule has 0 rings (SSSR count). The molecular weight excluding hydrogens is 190 g/mol. The number of nitrogens with two attached hydrogens (primary N) is 1. The van der Waals surface area contributed by atoms with Gasteiger partial charge in [0.05, 0.1) is 0 Å². The van der Waals surface area contributed by atoms with Crippen LogP contribution in [0, 0.1) is 5.41 Å². The van der Waals surface area contributed by atoms with Gasteiger partial charge in [0.25, 0.3) is 0 Å². The predicted octanol–water partition coefficient (Wildman–Crippen LogP) is 1.46. The molecule has 0 fully saturated rings. The van der Waals surface area contributed by atoms with Crippen molar-refractivity contribution in [3.63, 3.8) is 0 Å². The summed E-state index contributed by atoms with van der Waals surface area (Å²) in [5.41, 5.74) is 5.79. The highest BCUT2D eigenvalue weighted by Gasteiger charge is 2.24. The van der Waals surface area contributed by atoms with E-state index in [9.17, 15) is 4.79 Å². The van der Waals surface area contributed by atoms with E-state index in [1.54, 1.807) is 0 Å². The Hall–Kier alpha value is -0.770. The molecule has 0 aliphatic carbocycles. The fourth-order valence-electron chi connectivity index (χ4n) is 1.44. The summed E-state index contributed by atoms with van der Waals surface area (Å²) in [4.78, 5) is 11.4. The maximum atomic E-state index is 11.4. The normalized spacial score (nSPS) is 11.6. The highest BCUT2D eigenvalue weighted by molar-refractivity contribution is 5.74. The molecule has 0 saturated heterocycles. The first kappa shape index (κ1) is 14.2. The minimum Gasteiger partial charge on any atom is -0.338 e. The third-order valence-corrected chi connectivity index (χ3v) is 2.98. The van der Waals surface area contributed by atoms with Crippen LogP contribution in [0.3, 0.4) is 0 Å². The summed E-state index contributed by atoms with van der Waals surface area (Å²) in [5, 5.41) is 5.67. The lowest BCUT2D eigenvalue weighted by molar-refractivity contribution is 0.221. The van der Waals surface area contributed by atoms with E-state index in [-0.39, 0.29) is 17.5 Å². The molecule has 0 aliphatic heterocycles. The molecule has 4 N–H and O–H groups in total. The summed E-state index contributed by atoms with van der Waals surface area (Å²) in [7, 11) is 0. The lowest BCUT2D eigenvalue weighted by atomic mass is 9.82. The second-order valence-corrected chi connectivity index (χ2v) is 4.39. The Balaban J connectivity index is 4.05. The summed E-state index contributed by atoms with van der Waals surface area (Å²) in [5.74, 6) is 0. The van der Waals surface area contributed by atoms with E-state index in [1.165, 1.54) is 0 Å². The summed E-state index contributed by atoms with van der Waals surface area (Å²) in [6.07, 6.45) is 1.98. The van der Waals surface area contributed by atoms with E-state index in [1.807, 2.05) is 13.8 Å². The van der Waals surface area contributed by atoms with E-state index >= 15 is 0 Å². The minimum absolute atomic E-state index is 0.0499. The van der Waals surface area contributed by atoms with E-state index < -0.39 is 0 Å². The van der Waals surface area contributed by atoms with Crippen LogP contribution in [0.5, 0.6) is 0 Å². The van der Waals surface area contributed by atoms with Gasteiger partial charge in [-0.25, -0.2) is 4.79 Å². The van der Waals surface area contributed by atoms with Gasteiger partial charge in [0.15, 0.2) is 0 Å². The van der Waals surface area contributed by atoms with Gasteiger partial charge < -0.3 is 16.4 Å². The Morgan fingerprint density at radius 3 is 2.20 bits per heavy atom. The summed E-state index contributed by atoms with van der Waals surface area (Å²) >= 11 is 0. The summed E-state index contributed by atoms with van der Waals surface area (Å²) in [6, 6.07) is 0.0604. The van der Waals surface area contributed by atoms with Crippen LogP contribution in [-0.4, -0.2) is 25.2 Å². The van der Waals surface area contributed by atoms with Gasteiger partial charge >= 0.3 is 6.03 Å². The molecule has 0 aliphatic rings. The van der Waals surface area contributed by atoms with E-state index in [2.05, 4.69) is 24.5 Å². The average molecular weight is 215 g/mol. The number of hydrogen-bond acceptors (Lipinski definition) is 2. The molecular formula is C11H25N3O. The maximum Gasteiger partial charge on any atom is 0.315 e. The Bertz CT molecular complexity index is 180. The van der Waals surface area contributed by atoms with Crippen molar-refractivity contribution in [2.45, 2.75) is 46.6 Å². The fraction of sp³-hybridized carbons (Fsp3) is 0.909. The standard InChI is InChI=1S/C11H25N3O/c1-5-11(6-2,7-12)8-13-10(15)14-9(3)4/h9H,5-8,12H2,1-4H3,(H2,13,14,15). The zero-order chi connectivity index (χ0) is 11.9. The molecule has 90 valence electrons. The fourth-order valence-corrected chi connectivity index (χ4v) is 1.44. The van der Waals surface area contributed by atoms with Gasteiger partial charge in [-0.2, -0.15) is 0 Å². The smallest absolute Gasteiger partial charge is 0.315 e. The van der Waals surface area contributed by atoms with Gasteiger partial charge in [-0.3, -0.25) is 0 Å². The average Bonchev–Trinajstić information content (AvgIpc) is 2.20. The third kappa shape index (κ3) is 5.02. The molecule has 2 amide bonds. The topological polar surface area (TPSA) is 67.1 Å². The van der Waals surface area contributed by atoms with E-state index in [4.69, 9.17) is 5.73 Å². The number of amides is 2. The second-order valence-electron chi connectivity index (χ2n) is 4.39. The number of hydrogen-bond donors (Lipinski definition) is 3. The highest BCUT2D eigenvalue weighted by atomic mass is 16.2. The van der Waals surface area contributed by atoms with Crippen LogP contribution in [0.25, 0.3) is 0 Å². The minimum atomic E-state index is -0.107. The molecule has 0 unspecified atom stereocenters. The Morgan fingerprint density at radius 1 is 1.33 bits per heavy atom. The van der Waals surface area contributed by atoms with Crippen molar-refractivity contribution in [3.05, 3.63) is 0 Å². The zero-order valence-corrected chi connectivity index (χ0v) is 10.4. The molecule has 0 bridgehead atoms. The van der Waals surface area contributed by atoms with Crippen LogP contribution in [0.1, 0.15) is 40.5 Å². The van der Waals surface area contributed by atoms with Gasteiger partial charge in [0.2, 0.25) is 0 Å². The van der Waals surface area contributed by atoms with Gasteiger partial charge in [-0.1, -0.05) is 13.8 Å². The van der Waals surface area contributed by atoms with Crippen molar-refractivity contribution in [1.29, 1.82) is 0 Å². The quantitative estimate of drug-likeness (QED) is 0.628. The van der Waals surface area contributed by atoms with Gasteiger partial charge in [0, 0.05) is 12.6 Å². The zero-order valence-electron chi connectivity index (χ0n) is 10.4. The molecule has 4 nitrogen and oxygen atoms in total. The molecule has 0 aromatic carbocycles. The van der Waals surface area contributed by atoms with Gasteiger partial charge in [0.1, 0.15) is 0 Å². The lowest BCUT2D eigenvalue weighted by Gasteiger charge is -2.30. The van der Waals surface area contributed by atoms with Crippen molar-refractivity contribution in [1.82, 2.24) is 10.6 Å². The molecule has 0 aromatic heterocycles. The van der Waals surface area contributed by atoms with E-state index in [0.29, 0.717) is 13.1 Å². The van der Waals surface area contributed by atoms with Crippen LogP contribution < -0.4 is 16.4 Å². The maximum absolute atomic E-state index is 11.4. The molecule has 15 heavy (non-hydrogen) atoms. The van der Waals surface area contributed by atoms with Crippen molar-refractivity contribution in [3.8, 4) is 0 Å². The molecule has 0 saturated carbocycles. The first-order valence-electron chi connectivity index (χ1n) is 5.74. The van der Waals surface area contributed by atoms with Crippen LogP contribution in [0.2, 0.25) is 0 Å².